The lowest BCUT2D eigenvalue weighted by Crippen LogP contribution is -2.68. The molecule has 3 aromatic rings. The van der Waals surface area contributed by atoms with Gasteiger partial charge in [0.15, 0.2) is 11.6 Å². The monoisotopic (exact) mass is 450 g/mol. The maximum Gasteiger partial charge on any atom is 0.225 e. The molecule has 3 aromatic heterocycles. The Morgan fingerprint density at radius 3 is 3.03 bits per heavy atom. The first kappa shape index (κ1) is 19.9. The highest BCUT2D eigenvalue weighted by atomic mass is 32.1. The summed E-state index contributed by atoms with van der Waals surface area (Å²) in [5.41, 5.74) is 1.72. The molecule has 166 valence electrons. The maximum atomic E-state index is 9.30. The predicted octanol–water partition coefficient (Wildman–Crippen LogP) is 3.42. The fraction of sp³-hybridized carbons (Fsp3) is 0.545. The summed E-state index contributed by atoms with van der Waals surface area (Å²) >= 11 is 1.65. The summed E-state index contributed by atoms with van der Waals surface area (Å²) in [5.74, 6) is 1.98. The molecule has 0 aliphatic carbocycles. The molecule has 1 unspecified atom stereocenters. The van der Waals surface area contributed by atoms with E-state index in [-0.39, 0.29) is 12.1 Å². The largest absolute Gasteiger partial charge is 0.390 e. The number of aliphatic hydroxyl groups excluding tert-OH is 1. The van der Waals surface area contributed by atoms with E-state index >= 15 is 0 Å². The van der Waals surface area contributed by atoms with E-state index < -0.39 is 0 Å². The fourth-order valence-corrected chi connectivity index (χ4v) is 7.01. The van der Waals surface area contributed by atoms with Gasteiger partial charge in [-0.15, -0.1) is 11.3 Å². The van der Waals surface area contributed by atoms with E-state index in [0.29, 0.717) is 42.0 Å². The smallest absolute Gasteiger partial charge is 0.225 e. The van der Waals surface area contributed by atoms with Crippen LogP contribution in [0.4, 0.5) is 17.6 Å². The Hall–Kier alpha value is -2.74. The van der Waals surface area contributed by atoms with Gasteiger partial charge >= 0.3 is 0 Å². The lowest BCUT2D eigenvalue weighted by molar-refractivity contribution is -0.0880. The lowest BCUT2D eigenvalue weighted by atomic mass is 9.72. The van der Waals surface area contributed by atoms with Crippen molar-refractivity contribution in [2.45, 2.75) is 75.7 Å². The number of H-pyrrole nitrogens is 1. The molecule has 6 heterocycles. The number of aryl methyl sites for hydroxylation is 1. The van der Waals surface area contributed by atoms with Crippen molar-refractivity contribution in [1.29, 1.82) is 5.26 Å². The Kier molecular flexibility index (Phi) is 4.61. The van der Waals surface area contributed by atoms with E-state index in [9.17, 15) is 10.4 Å². The number of hydrogen-bond acceptors (Lipinski definition) is 9. The number of anilines is 3. The Labute approximate surface area is 189 Å². The summed E-state index contributed by atoms with van der Waals surface area (Å²) in [4.78, 5) is 13.4. The van der Waals surface area contributed by atoms with Crippen LogP contribution >= 0.6 is 11.3 Å². The Bertz CT molecular complexity index is 1210. The first-order chi connectivity index (χ1) is 15.6. The molecular weight excluding hydrogens is 424 g/mol. The molecule has 9 nitrogen and oxygen atoms in total. The highest BCUT2D eigenvalue weighted by Gasteiger charge is 2.60. The van der Waals surface area contributed by atoms with E-state index in [1.807, 2.05) is 0 Å². The molecular formula is C22H26N8OS. The molecule has 6 rings (SSSR count). The summed E-state index contributed by atoms with van der Waals surface area (Å²) < 4.78 is 0.993. The van der Waals surface area contributed by atoms with Gasteiger partial charge in [-0.05, 0) is 45.1 Å². The molecule has 0 amide bonds. The van der Waals surface area contributed by atoms with Crippen LogP contribution in [0, 0.1) is 18.3 Å². The quantitative estimate of drug-likeness (QED) is 0.450. The van der Waals surface area contributed by atoms with Crippen LogP contribution in [-0.2, 0) is 6.61 Å². The van der Waals surface area contributed by atoms with Crippen LogP contribution in [0.15, 0.2) is 12.1 Å². The molecule has 0 spiro atoms. The number of aliphatic hydroxyl groups is 1. The first-order valence-electron chi connectivity index (χ1n) is 11.2. The van der Waals surface area contributed by atoms with E-state index in [0.717, 1.165) is 41.7 Å². The van der Waals surface area contributed by atoms with E-state index in [2.05, 4.69) is 44.8 Å². The van der Waals surface area contributed by atoms with Crippen LogP contribution in [-0.4, -0.2) is 53.8 Å². The van der Waals surface area contributed by atoms with Gasteiger partial charge in [-0.25, -0.2) is 4.98 Å². The molecule has 3 saturated heterocycles. The third kappa shape index (κ3) is 3.15. The minimum absolute atomic E-state index is 0.0878. The zero-order valence-corrected chi connectivity index (χ0v) is 18.7. The van der Waals surface area contributed by atoms with E-state index in [4.69, 9.17) is 9.97 Å². The minimum atomic E-state index is -0.0878. The average Bonchev–Trinajstić information content (AvgIpc) is 3.43. The molecule has 3 aliphatic rings. The molecule has 0 radical (unpaired) electrons. The predicted molar refractivity (Wildman–Crippen MR) is 123 cm³/mol. The van der Waals surface area contributed by atoms with Gasteiger partial charge in [-0.1, -0.05) is 0 Å². The third-order valence-electron chi connectivity index (χ3n) is 7.29. The van der Waals surface area contributed by atoms with Crippen LogP contribution in [0.25, 0.3) is 10.2 Å². The molecule has 3 aliphatic heterocycles. The van der Waals surface area contributed by atoms with Gasteiger partial charge in [-0.3, -0.25) is 10.00 Å². The topological polar surface area (TPSA) is 126 Å². The Morgan fingerprint density at radius 2 is 2.22 bits per heavy atom. The molecule has 4 N–H and O–H groups in total. The second kappa shape index (κ2) is 7.40. The summed E-state index contributed by atoms with van der Waals surface area (Å²) in [6, 6.07) is 7.73. The molecule has 0 aromatic carbocycles. The van der Waals surface area contributed by atoms with Crippen LogP contribution in [0.2, 0.25) is 0 Å². The summed E-state index contributed by atoms with van der Waals surface area (Å²) in [7, 11) is 0. The number of nitriles is 1. The number of nitrogens with zero attached hydrogens (tertiary/aromatic N) is 5. The summed E-state index contributed by atoms with van der Waals surface area (Å²) in [5, 5.41) is 32.5. The fourth-order valence-electron chi connectivity index (χ4n) is 6.12. The number of aromatic nitrogens is 4. The lowest BCUT2D eigenvalue weighted by Gasteiger charge is -2.59. The van der Waals surface area contributed by atoms with E-state index in [1.54, 1.807) is 17.4 Å². The standard InChI is InChI=1S/C22H26N8OS/c1-12-6-17-19(32-12)20(26-18-9-14(11-31)28-29-18)27-21(25-17)24-13-7-15-2-3-22(4-5-23)10-16(8-13)30(15)22/h6,9,13,15-16,31H,2-4,7-8,10-11H2,1H3,(H3,24,25,26,27,28,29)/t13-,15-,16-,22?/m1/s1. The van der Waals surface area contributed by atoms with Crippen molar-refractivity contribution in [3.8, 4) is 6.07 Å². The minimum Gasteiger partial charge on any atom is -0.390 e. The molecule has 0 saturated carbocycles. The highest BCUT2D eigenvalue weighted by molar-refractivity contribution is 7.19. The van der Waals surface area contributed by atoms with Gasteiger partial charge in [0.05, 0.1) is 35.0 Å². The molecule has 4 atom stereocenters. The number of thiophene rings is 1. The zero-order chi connectivity index (χ0) is 21.9. The second-order valence-electron chi connectivity index (χ2n) is 9.36. The highest BCUT2D eigenvalue weighted by Crippen LogP contribution is 2.55. The van der Waals surface area contributed by atoms with E-state index in [1.165, 1.54) is 11.3 Å². The van der Waals surface area contributed by atoms with Crippen molar-refractivity contribution in [1.82, 2.24) is 25.1 Å². The average molecular weight is 451 g/mol. The maximum absolute atomic E-state index is 9.30. The molecule has 3 fully saturated rings. The molecule has 0 bridgehead atoms. The van der Waals surface area contributed by atoms with Gasteiger partial charge in [-0.2, -0.15) is 15.3 Å². The SMILES string of the molecule is Cc1cc2nc(N[C@@H]3C[C@H]4CCC5(CC#N)C[C@@H](C3)N45)nc(Nc3cc(CO)[nH]n3)c2s1. The van der Waals surface area contributed by atoms with Crippen LogP contribution in [0.1, 0.15) is 49.1 Å². The van der Waals surface area contributed by atoms with Crippen LogP contribution < -0.4 is 10.6 Å². The number of aromatic amines is 1. The van der Waals surface area contributed by atoms with Crippen molar-refractivity contribution in [2.24, 2.45) is 0 Å². The Balaban J connectivity index is 1.24. The summed E-state index contributed by atoms with van der Waals surface area (Å²) in [6.45, 7) is 1.98. The van der Waals surface area contributed by atoms with Crippen LogP contribution in [0.3, 0.4) is 0 Å². The van der Waals surface area contributed by atoms with Crippen molar-refractivity contribution >= 4 is 39.1 Å². The van der Waals surface area contributed by atoms with Gasteiger partial charge in [0, 0.05) is 34.6 Å². The van der Waals surface area contributed by atoms with Gasteiger partial charge in [0.1, 0.15) is 0 Å². The van der Waals surface area contributed by atoms with Gasteiger partial charge < -0.3 is 15.7 Å². The zero-order valence-electron chi connectivity index (χ0n) is 17.9. The Morgan fingerprint density at radius 1 is 1.34 bits per heavy atom. The molecule has 32 heavy (non-hydrogen) atoms. The number of rotatable bonds is 6. The second-order valence-corrected chi connectivity index (χ2v) is 10.6. The van der Waals surface area contributed by atoms with Crippen molar-refractivity contribution in [3.63, 3.8) is 0 Å². The number of piperidine rings is 1. The van der Waals surface area contributed by atoms with Crippen molar-refractivity contribution in [3.05, 3.63) is 22.7 Å². The van der Waals surface area contributed by atoms with Crippen LogP contribution in [0.5, 0.6) is 0 Å². The number of fused-ring (bicyclic) bond motifs is 1. The normalized spacial score (nSPS) is 28.8. The van der Waals surface area contributed by atoms with Gasteiger partial charge in [0.2, 0.25) is 5.95 Å². The summed E-state index contributed by atoms with van der Waals surface area (Å²) in [6.07, 6.45) is 6.26. The third-order valence-corrected chi connectivity index (χ3v) is 8.34. The van der Waals surface area contributed by atoms with Crippen molar-refractivity contribution in [2.75, 3.05) is 10.6 Å². The van der Waals surface area contributed by atoms with Crippen molar-refractivity contribution < 1.29 is 5.11 Å². The molecule has 10 heteroatoms. The first-order valence-corrected chi connectivity index (χ1v) is 12.0. The number of nitrogens with one attached hydrogen (secondary N) is 3. The van der Waals surface area contributed by atoms with Gasteiger partial charge in [0.25, 0.3) is 0 Å². The number of hydrogen-bond donors (Lipinski definition) is 4.